The van der Waals surface area contributed by atoms with Gasteiger partial charge in [0.2, 0.25) is 0 Å². The third kappa shape index (κ3) is 2.73. The molecule has 1 unspecified atom stereocenters. The first kappa shape index (κ1) is 13.6. The quantitative estimate of drug-likeness (QED) is 0.917. The van der Waals surface area contributed by atoms with E-state index in [4.69, 9.17) is 0 Å². The standard InChI is InChI=1S/C14H18BrNO2S/c15-13-8-10(11-2-1-7-16-9-11)3-6-14(13)19(17,18)12-4-5-12/h3,6,8,11-12,16H,1-2,4-5,7,9H2. The number of benzene rings is 1. The van der Waals surface area contributed by atoms with E-state index in [9.17, 15) is 8.42 Å². The predicted octanol–water partition coefficient (Wildman–Crippen LogP) is 2.85. The summed E-state index contributed by atoms with van der Waals surface area (Å²) in [5, 5.41) is 3.25. The molecule has 1 heterocycles. The van der Waals surface area contributed by atoms with Gasteiger partial charge in [0.1, 0.15) is 0 Å². The molecule has 3 nitrogen and oxygen atoms in total. The highest BCUT2D eigenvalue weighted by Crippen LogP contribution is 2.37. The van der Waals surface area contributed by atoms with Gasteiger partial charge in [-0.1, -0.05) is 6.07 Å². The molecule has 1 aromatic carbocycles. The van der Waals surface area contributed by atoms with E-state index in [-0.39, 0.29) is 5.25 Å². The summed E-state index contributed by atoms with van der Waals surface area (Å²) in [7, 11) is -3.11. The Labute approximate surface area is 122 Å². The van der Waals surface area contributed by atoms with Crippen molar-refractivity contribution in [2.24, 2.45) is 0 Å². The van der Waals surface area contributed by atoms with Crippen LogP contribution in [0.1, 0.15) is 37.2 Å². The summed E-state index contributed by atoms with van der Waals surface area (Å²) >= 11 is 3.45. The van der Waals surface area contributed by atoms with Crippen molar-refractivity contribution in [1.82, 2.24) is 5.32 Å². The minimum absolute atomic E-state index is 0.147. The summed E-state index contributed by atoms with van der Waals surface area (Å²) < 4.78 is 25.2. The molecule has 3 rings (SSSR count). The van der Waals surface area contributed by atoms with Crippen molar-refractivity contribution < 1.29 is 8.42 Å². The average molecular weight is 344 g/mol. The normalized spacial score (nSPS) is 24.4. The lowest BCUT2D eigenvalue weighted by Crippen LogP contribution is -2.28. The summed E-state index contributed by atoms with van der Waals surface area (Å²) in [5.74, 6) is 0.503. The number of rotatable bonds is 3. The highest BCUT2D eigenvalue weighted by atomic mass is 79.9. The third-order valence-corrected chi connectivity index (χ3v) is 7.23. The van der Waals surface area contributed by atoms with Crippen molar-refractivity contribution >= 4 is 25.8 Å². The monoisotopic (exact) mass is 343 g/mol. The SMILES string of the molecule is O=S(=O)(c1ccc(C2CCCNC2)cc1Br)C1CC1. The molecule has 1 aliphatic heterocycles. The molecule has 0 spiro atoms. The van der Waals surface area contributed by atoms with Crippen molar-refractivity contribution in [3.8, 4) is 0 Å². The zero-order chi connectivity index (χ0) is 13.5. The zero-order valence-corrected chi connectivity index (χ0v) is 13.1. The molecule has 2 fully saturated rings. The Morgan fingerprint density at radius 1 is 1.21 bits per heavy atom. The van der Waals surface area contributed by atoms with E-state index in [0.717, 1.165) is 30.4 Å². The van der Waals surface area contributed by atoms with Crippen LogP contribution in [0.2, 0.25) is 0 Å². The van der Waals surface area contributed by atoms with Crippen LogP contribution in [0.25, 0.3) is 0 Å². The minimum atomic E-state index is -3.11. The summed E-state index contributed by atoms with van der Waals surface area (Å²) in [6.45, 7) is 2.08. The van der Waals surface area contributed by atoms with Crippen LogP contribution in [0.5, 0.6) is 0 Å². The summed E-state index contributed by atoms with van der Waals surface area (Å²) in [4.78, 5) is 0.461. The topological polar surface area (TPSA) is 46.2 Å². The summed E-state index contributed by atoms with van der Waals surface area (Å²) in [6, 6.07) is 5.76. The van der Waals surface area contributed by atoms with Gasteiger partial charge in [0, 0.05) is 11.0 Å². The van der Waals surface area contributed by atoms with E-state index in [1.54, 1.807) is 6.07 Å². The van der Waals surface area contributed by atoms with Gasteiger partial charge in [0.05, 0.1) is 10.1 Å². The molecular weight excluding hydrogens is 326 g/mol. The van der Waals surface area contributed by atoms with Crippen LogP contribution < -0.4 is 5.32 Å². The van der Waals surface area contributed by atoms with E-state index in [0.29, 0.717) is 10.8 Å². The first-order valence-electron chi connectivity index (χ1n) is 6.83. The Kier molecular flexibility index (Phi) is 3.71. The van der Waals surface area contributed by atoms with E-state index in [1.165, 1.54) is 18.4 Å². The highest BCUT2D eigenvalue weighted by molar-refractivity contribution is 9.10. The Bertz CT molecular complexity index is 575. The lowest BCUT2D eigenvalue weighted by atomic mass is 9.92. The molecule has 0 bridgehead atoms. The average Bonchev–Trinajstić information content (AvgIpc) is 3.24. The van der Waals surface area contributed by atoms with E-state index < -0.39 is 9.84 Å². The van der Waals surface area contributed by atoms with Crippen molar-refractivity contribution in [3.05, 3.63) is 28.2 Å². The number of hydrogen-bond acceptors (Lipinski definition) is 3. The summed E-state index contributed by atoms with van der Waals surface area (Å²) in [5.41, 5.74) is 1.23. The van der Waals surface area contributed by atoms with Crippen LogP contribution >= 0.6 is 15.9 Å². The van der Waals surface area contributed by atoms with Crippen LogP contribution in [0.4, 0.5) is 0 Å². The Hall–Kier alpha value is -0.390. The van der Waals surface area contributed by atoms with Crippen LogP contribution in [-0.4, -0.2) is 26.8 Å². The molecule has 19 heavy (non-hydrogen) atoms. The number of nitrogens with one attached hydrogen (secondary N) is 1. The first-order valence-corrected chi connectivity index (χ1v) is 9.17. The maximum absolute atomic E-state index is 12.3. The Morgan fingerprint density at radius 2 is 2.00 bits per heavy atom. The summed E-state index contributed by atoms with van der Waals surface area (Å²) in [6.07, 6.45) is 3.98. The number of hydrogen-bond donors (Lipinski definition) is 1. The van der Waals surface area contributed by atoms with Gasteiger partial charge in [-0.2, -0.15) is 0 Å². The smallest absolute Gasteiger partial charge is 0.182 e. The van der Waals surface area contributed by atoms with Crippen molar-refractivity contribution in [1.29, 1.82) is 0 Å². The molecule has 0 amide bonds. The second kappa shape index (κ2) is 5.19. The zero-order valence-electron chi connectivity index (χ0n) is 10.7. The van der Waals surface area contributed by atoms with Gasteiger partial charge in [-0.3, -0.25) is 0 Å². The Morgan fingerprint density at radius 3 is 2.58 bits per heavy atom. The van der Waals surface area contributed by atoms with Gasteiger partial charge in [-0.15, -0.1) is 0 Å². The van der Waals surface area contributed by atoms with E-state index in [2.05, 4.69) is 21.2 Å². The van der Waals surface area contributed by atoms with Crippen LogP contribution in [0, 0.1) is 0 Å². The van der Waals surface area contributed by atoms with Crippen molar-refractivity contribution in [2.75, 3.05) is 13.1 Å². The molecule has 1 saturated carbocycles. The minimum Gasteiger partial charge on any atom is -0.316 e. The van der Waals surface area contributed by atoms with Gasteiger partial charge in [-0.25, -0.2) is 8.42 Å². The second-order valence-electron chi connectivity index (χ2n) is 5.48. The van der Waals surface area contributed by atoms with E-state index in [1.807, 2.05) is 12.1 Å². The molecule has 5 heteroatoms. The maximum atomic E-state index is 12.3. The lowest BCUT2D eigenvalue weighted by Gasteiger charge is -2.23. The maximum Gasteiger partial charge on any atom is 0.182 e. The first-order chi connectivity index (χ1) is 9.09. The molecule has 0 radical (unpaired) electrons. The number of halogens is 1. The molecule has 1 atom stereocenters. The van der Waals surface area contributed by atoms with Gasteiger partial charge in [0.25, 0.3) is 0 Å². The van der Waals surface area contributed by atoms with Gasteiger partial charge in [-0.05, 0) is 71.8 Å². The fraction of sp³-hybridized carbons (Fsp3) is 0.571. The van der Waals surface area contributed by atoms with Gasteiger partial charge >= 0.3 is 0 Å². The third-order valence-electron chi connectivity index (χ3n) is 3.99. The molecule has 1 aliphatic carbocycles. The molecule has 1 aromatic rings. The van der Waals surface area contributed by atoms with Crippen LogP contribution in [0.3, 0.4) is 0 Å². The number of piperidine rings is 1. The second-order valence-corrected chi connectivity index (χ2v) is 8.53. The number of sulfone groups is 1. The van der Waals surface area contributed by atoms with Crippen molar-refractivity contribution in [2.45, 2.75) is 41.7 Å². The Balaban J connectivity index is 1.89. The molecule has 104 valence electrons. The molecular formula is C14H18BrNO2S. The van der Waals surface area contributed by atoms with Gasteiger partial charge in [0.15, 0.2) is 9.84 Å². The molecule has 1 N–H and O–H groups in total. The molecule has 0 aromatic heterocycles. The van der Waals surface area contributed by atoms with Crippen LogP contribution in [0.15, 0.2) is 27.6 Å². The van der Waals surface area contributed by atoms with Gasteiger partial charge < -0.3 is 5.32 Å². The predicted molar refractivity (Wildman–Crippen MR) is 79.2 cm³/mol. The fourth-order valence-corrected chi connectivity index (χ4v) is 5.47. The molecule has 2 aliphatic rings. The molecule has 1 saturated heterocycles. The highest BCUT2D eigenvalue weighted by Gasteiger charge is 2.38. The largest absolute Gasteiger partial charge is 0.316 e. The van der Waals surface area contributed by atoms with Crippen molar-refractivity contribution in [3.63, 3.8) is 0 Å². The van der Waals surface area contributed by atoms with E-state index >= 15 is 0 Å². The lowest BCUT2D eigenvalue weighted by molar-refractivity contribution is 0.461. The fourth-order valence-electron chi connectivity index (χ4n) is 2.70. The van der Waals surface area contributed by atoms with Crippen LogP contribution in [-0.2, 0) is 9.84 Å².